The number of halogens is 2. The van der Waals surface area contributed by atoms with Gasteiger partial charge in [-0.1, -0.05) is 23.7 Å². The molecule has 0 radical (unpaired) electrons. The molecule has 1 aromatic carbocycles. The van der Waals surface area contributed by atoms with Gasteiger partial charge in [0.15, 0.2) is 0 Å². The molecule has 1 N–H and O–H groups in total. The van der Waals surface area contributed by atoms with Crippen LogP contribution in [0.4, 0.5) is 4.39 Å². The van der Waals surface area contributed by atoms with E-state index in [2.05, 4.69) is 31.2 Å². The summed E-state index contributed by atoms with van der Waals surface area (Å²) in [5.74, 6) is -0.397. The highest BCUT2D eigenvalue weighted by molar-refractivity contribution is 6.31. The quantitative estimate of drug-likeness (QED) is 0.934. The van der Waals surface area contributed by atoms with Crippen LogP contribution in [-0.2, 0) is 13.1 Å². The number of nitrogens with one attached hydrogen (secondary N) is 1. The van der Waals surface area contributed by atoms with Crippen molar-refractivity contribution < 1.29 is 4.39 Å². The summed E-state index contributed by atoms with van der Waals surface area (Å²) >= 11 is 5.94. The van der Waals surface area contributed by atoms with Gasteiger partial charge in [-0.3, -0.25) is 4.68 Å². The molecule has 1 aromatic heterocycles. The molecule has 0 saturated heterocycles. The predicted octanol–water partition coefficient (Wildman–Crippen LogP) is 3.61. The first-order valence-electron chi connectivity index (χ1n) is 6.54. The van der Waals surface area contributed by atoms with Crippen molar-refractivity contribution in [1.82, 2.24) is 15.1 Å². The summed E-state index contributed by atoms with van der Waals surface area (Å²) in [5, 5.41) is 7.84. The van der Waals surface area contributed by atoms with Gasteiger partial charge in [0.1, 0.15) is 5.82 Å². The van der Waals surface area contributed by atoms with E-state index in [4.69, 9.17) is 11.6 Å². The third kappa shape index (κ3) is 4.05. The molecule has 0 unspecified atom stereocenters. The van der Waals surface area contributed by atoms with Gasteiger partial charge in [0.25, 0.3) is 0 Å². The van der Waals surface area contributed by atoms with Gasteiger partial charge in [0.05, 0.1) is 17.8 Å². The minimum absolute atomic E-state index is 0.0635. The Hall–Kier alpha value is -1.39. The molecule has 2 rings (SSSR count). The van der Waals surface area contributed by atoms with Crippen molar-refractivity contribution in [3.63, 3.8) is 0 Å². The van der Waals surface area contributed by atoms with Gasteiger partial charge < -0.3 is 5.32 Å². The molecule has 3 nitrogen and oxygen atoms in total. The van der Waals surface area contributed by atoms with E-state index < -0.39 is 5.82 Å². The van der Waals surface area contributed by atoms with Crippen molar-refractivity contribution in [2.75, 3.05) is 0 Å². The largest absolute Gasteiger partial charge is 0.308 e. The van der Waals surface area contributed by atoms with Gasteiger partial charge in [-0.2, -0.15) is 5.10 Å². The Labute approximate surface area is 123 Å². The lowest BCUT2D eigenvalue weighted by Gasteiger charge is -2.19. The summed E-state index contributed by atoms with van der Waals surface area (Å²) in [7, 11) is 0. The van der Waals surface area contributed by atoms with Gasteiger partial charge in [-0.25, -0.2) is 4.39 Å². The van der Waals surface area contributed by atoms with E-state index in [1.165, 1.54) is 6.07 Å². The monoisotopic (exact) mass is 295 g/mol. The zero-order valence-corrected chi connectivity index (χ0v) is 12.7. The molecule has 0 spiro atoms. The van der Waals surface area contributed by atoms with Gasteiger partial charge >= 0.3 is 0 Å². The van der Waals surface area contributed by atoms with E-state index in [0.29, 0.717) is 6.54 Å². The zero-order chi connectivity index (χ0) is 14.8. The van der Waals surface area contributed by atoms with E-state index in [1.807, 2.05) is 12.4 Å². The maximum Gasteiger partial charge on any atom is 0.142 e. The standard InChI is InChI=1S/C15H19ClFN3/c1-15(2,3)18-7-11-8-19-20(9-11)10-12-5-4-6-13(17)14(12)16/h4-6,8-9,18H,7,10H2,1-3H3. The second-order valence-electron chi connectivity index (χ2n) is 5.86. The summed E-state index contributed by atoms with van der Waals surface area (Å²) in [6.07, 6.45) is 3.76. The Balaban J connectivity index is 2.04. The van der Waals surface area contributed by atoms with Crippen LogP contribution >= 0.6 is 11.6 Å². The SMILES string of the molecule is CC(C)(C)NCc1cnn(Cc2cccc(F)c2Cl)c1. The van der Waals surface area contributed by atoms with Crippen LogP contribution < -0.4 is 5.32 Å². The van der Waals surface area contributed by atoms with Crippen LogP contribution in [0.25, 0.3) is 0 Å². The van der Waals surface area contributed by atoms with Crippen LogP contribution in [0.15, 0.2) is 30.6 Å². The summed E-state index contributed by atoms with van der Waals surface area (Å²) in [5.41, 5.74) is 1.88. The smallest absolute Gasteiger partial charge is 0.142 e. The van der Waals surface area contributed by atoms with Gasteiger partial charge in [0.2, 0.25) is 0 Å². The molecule has 20 heavy (non-hydrogen) atoms. The molecule has 0 saturated carbocycles. The Kier molecular flexibility index (Phi) is 4.45. The summed E-state index contributed by atoms with van der Waals surface area (Å²) in [6, 6.07) is 4.82. The lowest BCUT2D eigenvalue weighted by Crippen LogP contribution is -2.34. The second kappa shape index (κ2) is 5.94. The molecule has 1 heterocycles. The summed E-state index contributed by atoms with van der Waals surface area (Å²) in [4.78, 5) is 0. The molecular formula is C15H19ClFN3. The highest BCUT2D eigenvalue weighted by Gasteiger charge is 2.10. The average molecular weight is 296 g/mol. The normalized spacial score (nSPS) is 11.8. The van der Waals surface area contributed by atoms with Crippen LogP contribution in [0.2, 0.25) is 5.02 Å². The third-order valence-electron chi connectivity index (χ3n) is 2.87. The molecule has 0 bridgehead atoms. The summed E-state index contributed by atoms with van der Waals surface area (Å²) < 4.78 is 15.1. The molecular weight excluding hydrogens is 277 g/mol. The molecule has 5 heteroatoms. The number of hydrogen-bond donors (Lipinski definition) is 1. The van der Waals surface area contributed by atoms with Crippen LogP contribution in [0.1, 0.15) is 31.9 Å². The molecule has 2 aromatic rings. The first-order chi connectivity index (χ1) is 9.35. The molecule has 0 fully saturated rings. The van der Waals surface area contributed by atoms with Crippen molar-refractivity contribution in [1.29, 1.82) is 0 Å². The predicted molar refractivity (Wildman–Crippen MR) is 79.3 cm³/mol. The number of aromatic nitrogens is 2. The molecule has 0 atom stereocenters. The lowest BCUT2D eigenvalue weighted by molar-refractivity contribution is 0.424. The first-order valence-corrected chi connectivity index (χ1v) is 6.92. The molecule has 0 aliphatic heterocycles. The Morgan fingerprint density at radius 2 is 2.10 bits per heavy atom. The van der Waals surface area contributed by atoms with Crippen molar-refractivity contribution in [3.8, 4) is 0 Å². The maximum absolute atomic E-state index is 13.4. The fraction of sp³-hybridized carbons (Fsp3) is 0.400. The van der Waals surface area contributed by atoms with Crippen molar-refractivity contribution in [2.45, 2.75) is 39.4 Å². The molecule has 0 amide bonds. The van der Waals surface area contributed by atoms with E-state index in [9.17, 15) is 4.39 Å². The average Bonchev–Trinajstić information content (AvgIpc) is 2.80. The molecule has 0 aliphatic carbocycles. The minimum Gasteiger partial charge on any atom is -0.308 e. The fourth-order valence-corrected chi connectivity index (χ4v) is 1.98. The number of nitrogens with zero attached hydrogens (tertiary/aromatic N) is 2. The summed E-state index contributed by atoms with van der Waals surface area (Å²) in [6.45, 7) is 7.56. The fourth-order valence-electron chi connectivity index (χ4n) is 1.80. The Morgan fingerprint density at radius 1 is 1.35 bits per heavy atom. The highest BCUT2D eigenvalue weighted by atomic mass is 35.5. The Morgan fingerprint density at radius 3 is 2.80 bits per heavy atom. The van der Waals surface area contributed by atoms with Gasteiger partial charge in [0, 0.05) is 23.8 Å². The third-order valence-corrected chi connectivity index (χ3v) is 3.30. The number of benzene rings is 1. The van der Waals surface area contributed by atoms with Crippen LogP contribution in [-0.4, -0.2) is 15.3 Å². The van der Waals surface area contributed by atoms with E-state index in [-0.39, 0.29) is 10.6 Å². The van der Waals surface area contributed by atoms with Gasteiger partial charge in [-0.05, 0) is 32.4 Å². The Bertz CT molecular complexity index is 587. The number of hydrogen-bond acceptors (Lipinski definition) is 2. The van der Waals surface area contributed by atoms with Crippen LogP contribution in [0.3, 0.4) is 0 Å². The zero-order valence-electron chi connectivity index (χ0n) is 12.0. The topological polar surface area (TPSA) is 29.9 Å². The maximum atomic E-state index is 13.4. The van der Waals surface area contributed by atoms with Crippen LogP contribution in [0, 0.1) is 5.82 Å². The molecule has 0 aliphatic rings. The van der Waals surface area contributed by atoms with Crippen molar-refractivity contribution in [2.24, 2.45) is 0 Å². The van der Waals surface area contributed by atoms with E-state index in [1.54, 1.807) is 16.8 Å². The first kappa shape index (κ1) is 15.0. The second-order valence-corrected chi connectivity index (χ2v) is 6.24. The lowest BCUT2D eigenvalue weighted by atomic mass is 10.1. The van der Waals surface area contributed by atoms with Crippen molar-refractivity contribution in [3.05, 3.63) is 52.6 Å². The van der Waals surface area contributed by atoms with E-state index in [0.717, 1.165) is 17.7 Å². The van der Waals surface area contributed by atoms with Crippen molar-refractivity contribution >= 4 is 11.6 Å². The van der Waals surface area contributed by atoms with Gasteiger partial charge in [-0.15, -0.1) is 0 Å². The van der Waals surface area contributed by atoms with Crippen LogP contribution in [0.5, 0.6) is 0 Å². The number of rotatable bonds is 4. The highest BCUT2D eigenvalue weighted by Crippen LogP contribution is 2.20. The minimum atomic E-state index is -0.397. The molecule has 108 valence electrons. The van der Waals surface area contributed by atoms with E-state index >= 15 is 0 Å².